The van der Waals surface area contributed by atoms with Gasteiger partial charge in [-0.05, 0) is 173 Å². The van der Waals surface area contributed by atoms with E-state index < -0.39 is 59.6 Å². The van der Waals surface area contributed by atoms with Gasteiger partial charge in [0, 0.05) is 69.7 Å². The van der Waals surface area contributed by atoms with Crippen LogP contribution in [0.1, 0.15) is 124 Å². The Morgan fingerprint density at radius 2 is 1.01 bits per heavy atom. The number of aromatic hydroxyl groups is 1. The molecule has 2 unspecified atom stereocenters. The van der Waals surface area contributed by atoms with Gasteiger partial charge in [0.05, 0.1) is 61.7 Å². The standard InChI is InChI=1S/C40H40F3N3O6.C37H36F3N3O6/c1-7-13-49-37-23(4)38-39(52-20-51-38)34-27(37)17-29-35-33-22(3)36(48-6)21(2)14-25(33)16-28(45(35)5)30(18-44)46(29)31(34)19-50-32(47)12-11-24-9-8-10-26(15-24)40(41,42)43;1-18-11-22-13-25-27(15-41)43-26(32(42(25)4)30(22)19(2)34(18)46-5)14-24-31(36-35(48-17-49-36)20(3)33(24)45)28(43)16-47-29(44)10-9-21-7-6-8-23(12-21)37(38,39)40/h7-12,14-15,28-31,35H,1,13,16-17,19-20H2,2-6H3;6-12,25-28,32,45H,13-14,16-17H2,1-5H3/b12-11+;10-9+/t28-,29?,30-,31-,35-;25-,26?,27-,28-,32-/m00/s1. The number of esters is 2. The highest BCUT2D eigenvalue weighted by Crippen LogP contribution is 2.60. The summed E-state index contributed by atoms with van der Waals surface area (Å²) in [5.74, 6) is 2.70. The van der Waals surface area contributed by atoms with E-state index in [0.717, 1.165) is 104 Å². The molecule has 0 amide bonds. The first-order chi connectivity index (χ1) is 48.2. The maximum atomic E-state index is 13.3. The van der Waals surface area contributed by atoms with Gasteiger partial charge in [-0.25, -0.2) is 9.59 Å². The van der Waals surface area contributed by atoms with Crippen molar-refractivity contribution in [2.75, 3.05) is 61.7 Å². The van der Waals surface area contributed by atoms with Crippen LogP contribution in [-0.4, -0.2) is 135 Å². The Balaban J connectivity index is 0.000000181. The van der Waals surface area contributed by atoms with Gasteiger partial charge in [0.25, 0.3) is 0 Å². The van der Waals surface area contributed by atoms with Crippen molar-refractivity contribution < 1.29 is 83.7 Å². The first kappa shape index (κ1) is 69.7. The van der Waals surface area contributed by atoms with E-state index in [1.807, 2.05) is 34.7 Å². The average molecular weight is 1390 g/mol. The molecule has 4 bridgehead atoms. The van der Waals surface area contributed by atoms with Crippen molar-refractivity contribution in [3.8, 4) is 58.1 Å². The number of methoxy groups -OCH3 is 2. The Bertz CT molecular complexity index is 4520. The highest BCUT2D eigenvalue weighted by atomic mass is 19.4. The third-order valence-corrected chi connectivity index (χ3v) is 21.5. The number of phenolic OH excluding ortho intramolecular Hbond substituents is 1. The number of ether oxygens (including phenoxy) is 9. The molecule has 0 aromatic heterocycles. The summed E-state index contributed by atoms with van der Waals surface area (Å²) in [6, 6.07) is 14.9. The van der Waals surface area contributed by atoms with Crippen LogP contribution in [0.3, 0.4) is 0 Å². The Hall–Kier alpha value is -9.72. The van der Waals surface area contributed by atoms with E-state index in [-0.39, 0.29) is 86.5 Å². The highest BCUT2D eigenvalue weighted by molar-refractivity contribution is 5.88. The van der Waals surface area contributed by atoms with E-state index in [1.165, 1.54) is 42.0 Å². The van der Waals surface area contributed by atoms with Crippen molar-refractivity contribution in [3.05, 3.63) is 186 Å². The van der Waals surface area contributed by atoms with Gasteiger partial charge in [-0.1, -0.05) is 49.1 Å². The summed E-state index contributed by atoms with van der Waals surface area (Å²) in [6.45, 7) is 15.5. The van der Waals surface area contributed by atoms with Crippen LogP contribution in [0, 0.1) is 64.2 Å². The molecule has 18 nitrogen and oxygen atoms in total. The van der Waals surface area contributed by atoms with Gasteiger partial charge in [0.15, 0.2) is 23.0 Å². The summed E-state index contributed by atoms with van der Waals surface area (Å²) >= 11 is 0. The first-order valence-corrected chi connectivity index (χ1v) is 33.2. The second-order valence-corrected chi connectivity index (χ2v) is 26.8. The molecule has 0 saturated carbocycles. The minimum Gasteiger partial charge on any atom is -0.507 e. The van der Waals surface area contributed by atoms with Crippen LogP contribution >= 0.6 is 0 Å². The summed E-state index contributed by atoms with van der Waals surface area (Å²) in [6.07, 6.45) is -0.483. The number of halogens is 6. The maximum Gasteiger partial charge on any atom is 0.416 e. The van der Waals surface area contributed by atoms with E-state index >= 15 is 0 Å². The van der Waals surface area contributed by atoms with E-state index in [0.29, 0.717) is 71.1 Å². The molecule has 1 N–H and O–H groups in total. The second-order valence-electron chi connectivity index (χ2n) is 26.8. The van der Waals surface area contributed by atoms with E-state index in [1.54, 1.807) is 27.2 Å². The highest BCUT2D eigenvalue weighted by Gasteiger charge is 2.59. The van der Waals surface area contributed by atoms with Crippen LogP contribution in [0.15, 0.2) is 85.5 Å². The van der Waals surface area contributed by atoms with E-state index in [2.05, 4.69) is 64.4 Å². The van der Waals surface area contributed by atoms with Gasteiger partial charge in [0.2, 0.25) is 13.6 Å². The largest absolute Gasteiger partial charge is 0.507 e. The van der Waals surface area contributed by atoms with Crippen molar-refractivity contribution in [2.45, 2.75) is 140 Å². The van der Waals surface area contributed by atoms with Gasteiger partial charge < -0.3 is 47.7 Å². The molecule has 8 heterocycles. The minimum absolute atomic E-state index is 0.00935. The normalized spacial score (nSPS) is 23.7. The number of piperazine rings is 2. The molecule has 2 saturated heterocycles. The van der Waals surface area contributed by atoms with Gasteiger partial charge >= 0.3 is 24.3 Å². The molecule has 101 heavy (non-hydrogen) atoms. The number of nitrogens with zero attached hydrogens (tertiary/aromatic N) is 6. The molecule has 6 aromatic carbocycles. The number of phenols is 1. The first-order valence-electron chi connectivity index (χ1n) is 33.2. The SMILES string of the molecule is C=CCOc1c(C)c2c(c3c1CC1[C@H]4c5c(cc(C)c(OC)c5C)C[C@@H]([C@H](C#N)N1[C@H]3COC(=O)/C=C/c1cccc(C(F)(F)F)c1)N4C)OCO2.COc1c(C)cc2c(c1C)[C@@H]1C3Cc4c(O)c(C)c5c(c4[C@H](COC(=O)/C=C/c4cccc(C(F)(F)F)c4)N3[C@@H](C#N)[C@H](C2)N1C)OCO5. The third kappa shape index (κ3) is 12.0. The zero-order valence-electron chi connectivity index (χ0n) is 57.4. The predicted octanol–water partition coefficient (Wildman–Crippen LogP) is 13.1. The van der Waals surface area contributed by atoms with Crippen molar-refractivity contribution >= 4 is 24.1 Å². The Morgan fingerprint density at radius 1 is 0.584 bits per heavy atom. The monoisotopic (exact) mass is 1390 g/mol. The number of carbonyl (C=O) groups excluding carboxylic acids is 2. The maximum absolute atomic E-state index is 13.3. The van der Waals surface area contributed by atoms with Gasteiger partial charge in [-0.15, -0.1) is 0 Å². The number of aryl methyl sites for hydroxylation is 2. The van der Waals surface area contributed by atoms with Crippen molar-refractivity contribution in [1.29, 1.82) is 10.5 Å². The van der Waals surface area contributed by atoms with Gasteiger partial charge in [0.1, 0.15) is 54.9 Å². The third-order valence-electron chi connectivity index (χ3n) is 21.5. The topological polar surface area (TPSA) is 198 Å². The molecule has 8 aliphatic heterocycles. The number of benzene rings is 6. The van der Waals surface area contributed by atoms with E-state index in [9.17, 15) is 51.6 Å². The summed E-state index contributed by atoms with van der Waals surface area (Å²) in [5, 5.41) is 33.3. The summed E-state index contributed by atoms with van der Waals surface area (Å²) in [7, 11) is 7.42. The van der Waals surface area contributed by atoms with Gasteiger partial charge in [-0.3, -0.25) is 19.6 Å². The zero-order chi connectivity index (χ0) is 72.0. The predicted molar refractivity (Wildman–Crippen MR) is 359 cm³/mol. The molecule has 6 aromatic rings. The van der Waals surface area contributed by atoms with Crippen molar-refractivity contribution in [1.82, 2.24) is 19.6 Å². The molecule has 8 aliphatic rings. The Morgan fingerprint density at radius 3 is 1.44 bits per heavy atom. The summed E-state index contributed by atoms with van der Waals surface area (Å²) in [4.78, 5) is 35.3. The lowest BCUT2D eigenvalue weighted by molar-refractivity contribution is -0.144. The fraction of sp³-hybridized carbons (Fsp3) is 0.403. The number of fused-ring (bicyclic) bond motifs is 18. The number of carbonyl (C=O) groups is 2. The second kappa shape index (κ2) is 27.0. The lowest BCUT2D eigenvalue weighted by Crippen LogP contribution is -2.68. The van der Waals surface area contributed by atoms with E-state index in [4.69, 9.17) is 42.6 Å². The number of hydrogen-bond acceptors (Lipinski definition) is 18. The summed E-state index contributed by atoms with van der Waals surface area (Å²) in [5.41, 5.74) is 11.6. The molecule has 14 rings (SSSR count). The van der Waals surface area contributed by atoms with Crippen molar-refractivity contribution in [2.24, 2.45) is 0 Å². The van der Waals surface area contributed by atoms with Crippen LogP contribution < -0.4 is 33.2 Å². The number of hydrogen-bond donors (Lipinski definition) is 1. The molecular weight excluding hydrogens is 1310 g/mol. The minimum atomic E-state index is -4.52. The van der Waals surface area contributed by atoms with Crippen molar-refractivity contribution in [3.63, 3.8) is 0 Å². The lowest BCUT2D eigenvalue weighted by atomic mass is 9.71. The Kier molecular flexibility index (Phi) is 18.6. The molecule has 10 atom stereocenters. The van der Waals surface area contributed by atoms with Crippen LogP contribution in [0.25, 0.3) is 12.2 Å². The molecular formula is C77H76F6N6O12. The number of alkyl halides is 6. The fourth-order valence-electron chi connectivity index (χ4n) is 17.4. The number of nitriles is 2. The molecule has 24 heteroatoms. The van der Waals surface area contributed by atoms with Gasteiger partial charge in [-0.2, -0.15) is 36.9 Å². The van der Waals surface area contributed by atoms with Crippen LogP contribution in [0.4, 0.5) is 26.3 Å². The summed E-state index contributed by atoms with van der Waals surface area (Å²) < 4.78 is 133. The smallest absolute Gasteiger partial charge is 0.416 e. The average Bonchev–Trinajstić information content (AvgIpc) is 1.48. The number of likely N-dealkylation sites (N-methyl/N-ethyl adjacent to an activating group) is 2. The van der Waals surface area contributed by atoms with Crippen LogP contribution in [-0.2, 0) is 57.1 Å². The molecule has 0 aliphatic carbocycles. The van der Waals surface area contributed by atoms with Crippen LogP contribution in [0.2, 0.25) is 0 Å². The molecule has 0 spiro atoms. The molecule has 2 fully saturated rings. The Labute approximate surface area is 581 Å². The lowest BCUT2D eigenvalue weighted by Gasteiger charge is -2.60. The molecule has 0 radical (unpaired) electrons. The molecule has 528 valence electrons. The fourth-order valence-corrected chi connectivity index (χ4v) is 17.4. The zero-order valence-corrected chi connectivity index (χ0v) is 57.4. The van der Waals surface area contributed by atoms with Crippen LogP contribution in [0.5, 0.6) is 46.0 Å². The number of rotatable bonds is 13. The quantitative estimate of drug-likeness (QED) is 0.0495.